The van der Waals surface area contributed by atoms with Gasteiger partial charge in [-0.15, -0.1) is 0 Å². The minimum atomic E-state index is -4.49. The van der Waals surface area contributed by atoms with Gasteiger partial charge in [0.15, 0.2) is 5.78 Å². The molecule has 0 radical (unpaired) electrons. The lowest BCUT2D eigenvalue weighted by atomic mass is 9.89. The molecular formula is C35H33F3N4O2S. The first-order valence-electron chi connectivity index (χ1n) is 15.0. The van der Waals surface area contributed by atoms with Crippen LogP contribution in [-0.2, 0) is 12.7 Å². The number of anilines is 1. The van der Waals surface area contributed by atoms with Gasteiger partial charge in [0.2, 0.25) is 11.8 Å². The molecule has 1 aromatic heterocycles. The van der Waals surface area contributed by atoms with E-state index in [2.05, 4.69) is 9.62 Å². The molecule has 4 aromatic rings. The van der Waals surface area contributed by atoms with Crippen LogP contribution in [-0.4, -0.2) is 38.1 Å². The number of carbonyl (C=O) groups excluding carboxylic acids is 1. The molecule has 8 bridgehead atoms. The number of aromatic nitrogens is 2. The third-order valence-electron chi connectivity index (χ3n) is 9.18. The molecule has 232 valence electrons. The van der Waals surface area contributed by atoms with Crippen LogP contribution in [0.25, 0.3) is 11.3 Å². The zero-order valence-corrected chi connectivity index (χ0v) is 26.2. The predicted octanol–water partition coefficient (Wildman–Crippen LogP) is 8.17. The van der Waals surface area contributed by atoms with Gasteiger partial charge >= 0.3 is 6.18 Å². The number of carbonyl (C=O) groups is 1. The fraction of sp³-hybridized carbons (Fsp3) is 0.314. The number of hydrogen-bond acceptors (Lipinski definition) is 6. The zero-order chi connectivity index (χ0) is 31.6. The van der Waals surface area contributed by atoms with Crippen molar-refractivity contribution in [1.82, 2.24) is 14.9 Å². The first-order valence-corrected chi connectivity index (χ1v) is 16.3. The molecule has 45 heavy (non-hydrogen) atoms. The van der Waals surface area contributed by atoms with E-state index in [4.69, 9.17) is 14.7 Å². The van der Waals surface area contributed by atoms with E-state index in [9.17, 15) is 18.0 Å². The molecule has 10 heteroatoms. The second kappa shape index (κ2) is 11.1. The van der Waals surface area contributed by atoms with Crippen LogP contribution in [0.15, 0.2) is 71.6 Å². The van der Waals surface area contributed by atoms with Crippen molar-refractivity contribution in [2.45, 2.75) is 69.9 Å². The number of ether oxygens (including phenoxy) is 1. The molecule has 1 N–H and O–H groups in total. The Balaban J connectivity index is 1.46. The molecule has 0 saturated carbocycles. The van der Waals surface area contributed by atoms with Crippen molar-refractivity contribution < 1.29 is 22.7 Å². The molecule has 7 rings (SSSR count). The zero-order valence-electron chi connectivity index (χ0n) is 25.4. The maximum atomic E-state index is 14.2. The van der Waals surface area contributed by atoms with Crippen LogP contribution >= 0.6 is 10.7 Å². The topological polar surface area (TPSA) is 67.4 Å². The molecule has 3 aliphatic rings. The molecule has 0 amide bonds. The molecule has 3 aromatic carbocycles. The fourth-order valence-corrected chi connectivity index (χ4v) is 8.43. The van der Waals surface area contributed by atoms with Crippen LogP contribution < -0.4 is 9.46 Å². The van der Waals surface area contributed by atoms with Gasteiger partial charge < -0.3 is 9.46 Å². The minimum absolute atomic E-state index is 0.0372. The van der Waals surface area contributed by atoms with E-state index in [1.807, 2.05) is 81.6 Å². The summed E-state index contributed by atoms with van der Waals surface area (Å²) < 4.78 is 51.8. The van der Waals surface area contributed by atoms with Crippen molar-refractivity contribution in [2.24, 2.45) is 5.92 Å². The summed E-state index contributed by atoms with van der Waals surface area (Å²) in [5.74, 6) is 0.595. The van der Waals surface area contributed by atoms with Crippen LogP contribution in [0.3, 0.4) is 0 Å². The van der Waals surface area contributed by atoms with E-state index in [-0.39, 0.29) is 24.3 Å². The average Bonchev–Trinajstić information content (AvgIpc) is 3.33. The quantitative estimate of drug-likeness (QED) is 0.214. The molecule has 1 saturated heterocycles. The molecule has 1 fully saturated rings. The highest BCUT2D eigenvalue weighted by Gasteiger charge is 2.50. The van der Waals surface area contributed by atoms with E-state index in [0.717, 1.165) is 27.7 Å². The van der Waals surface area contributed by atoms with Crippen LogP contribution in [0.4, 0.5) is 19.1 Å². The Morgan fingerprint density at radius 3 is 2.51 bits per heavy atom. The highest BCUT2D eigenvalue weighted by atomic mass is 32.2. The number of aryl methyl sites for hydroxylation is 2. The van der Waals surface area contributed by atoms with Gasteiger partial charge in [-0.3, -0.25) is 9.69 Å². The van der Waals surface area contributed by atoms with E-state index in [1.54, 1.807) is 0 Å². The fourth-order valence-electron chi connectivity index (χ4n) is 7.16. The summed E-state index contributed by atoms with van der Waals surface area (Å²) in [6, 6.07) is 18.6. The molecular weight excluding hydrogens is 597 g/mol. The van der Waals surface area contributed by atoms with Crippen molar-refractivity contribution in [1.29, 1.82) is 0 Å². The summed E-state index contributed by atoms with van der Waals surface area (Å²) in [5.41, 5.74) is 4.79. The lowest BCUT2D eigenvalue weighted by molar-refractivity contribution is -0.137. The van der Waals surface area contributed by atoms with Gasteiger partial charge in [-0.25, -0.2) is 4.98 Å². The summed E-state index contributed by atoms with van der Waals surface area (Å²) in [7, 11) is -0.636. The highest BCUT2D eigenvalue weighted by Crippen LogP contribution is 2.47. The van der Waals surface area contributed by atoms with Crippen molar-refractivity contribution in [3.8, 4) is 17.1 Å². The number of hydrogen-bond donors (Lipinski definition) is 1. The number of fused-ring (bicyclic) bond motifs is 6. The van der Waals surface area contributed by atoms with Crippen molar-refractivity contribution in [3.63, 3.8) is 0 Å². The third kappa shape index (κ3) is 5.23. The number of nitrogens with zero attached hydrogens (tertiary/aromatic N) is 3. The molecule has 4 heterocycles. The predicted molar refractivity (Wildman–Crippen MR) is 171 cm³/mol. The number of alkyl halides is 3. The minimum Gasteiger partial charge on any atom is -0.468 e. The van der Waals surface area contributed by atoms with Gasteiger partial charge in [0.05, 0.1) is 23.3 Å². The normalized spacial score (nSPS) is 25.6. The number of ketones is 1. The van der Waals surface area contributed by atoms with Crippen LogP contribution in [0.2, 0.25) is 0 Å². The molecule has 6 atom stereocenters. The summed E-state index contributed by atoms with van der Waals surface area (Å²) in [6.45, 7) is 8.28. The molecule has 3 aliphatic heterocycles. The number of Topliss-reactive ketones (excluding diaryl/α,β-unsaturated/α-hetero) is 1. The summed E-state index contributed by atoms with van der Waals surface area (Å²) in [5, 5.41) is 2.02. The number of benzene rings is 3. The first kappa shape index (κ1) is 29.7. The molecule has 4 unspecified atom stereocenters. The number of rotatable bonds is 1. The third-order valence-corrected chi connectivity index (χ3v) is 10.8. The smallest absolute Gasteiger partial charge is 0.416 e. The van der Waals surface area contributed by atoms with Gasteiger partial charge in [0.25, 0.3) is 0 Å². The van der Waals surface area contributed by atoms with E-state index < -0.39 is 34.6 Å². The first-order chi connectivity index (χ1) is 21.5. The monoisotopic (exact) mass is 630 g/mol. The number of halogens is 3. The van der Waals surface area contributed by atoms with Gasteiger partial charge in [0, 0.05) is 28.6 Å². The van der Waals surface area contributed by atoms with Crippen LogP contribution in [0.5, 0.6) is 5.88 Å². The Labute approximate surface area is 262 Å². The summed E-state index contributed by atoms with van der Waals surface area (Å²) in [6.07, 6.45) is -4.49. The largest absolute Gasteiger partial charge is 0.468 e. The van der Waals surface area contributed by atoms with E-state index >= 15 is 0 Å². The Hall–Kier alpha value is -4.02. The average molecular weight is 631 g/mol. The lowest BCUT2D eigenvalue weighted by Crippen LogP contribution is -2.48. The van der Waals surface area contributed by atoms with Crippen LogP contribution in [0, 0.1) is 19.8 Å². The van der Waals surface area contributed by atoms with E-state index in [1.165, 1.54) is 12.1 Å². The lowest BCUT2D eigenvalue weighted by Gasteiger charge is -2.40. The Morgan fingerprint density at radius 1 is 1.02 bits per heavy atom. The van der Waals surface area contributed by atoms with Gasteiger partial charge in [-0.2, -0.15) is 18.2 Å². The summed E-state index contributed by atoms with van der Waals surface area (Å²) >= 11 is 0. The van der Waals surface area contributed by atoms with Crippen molar-refractivity contribution >= 4 is 27.8 Å². The van der Waals surface area contributed by atoms with Gasteiger partial charge in [-0.1, -0.05) is 54.0 Å². The molecule has 0 spiro atoms. The van der Waals surface area contributed by atoms with Crippen molar-refractivity contribution in [3.05, 3.63) is 100 Å². The Kier molecular flexibility index (Phi) is 7.32. The van der Waals surface area contributed by atoms with E-state index in [0.29, 0.717) is 40.6 Å². The maximum absolute atomic E-state index is 14.2. The summed E-state index contributed by atoms with van der Waals surface area (Å²) in [4.78, 5) is 26.9. The number of nitrogens with one attached hydrogen (secondary N) is 1. The van der Waals surface area contributed by atoms with Gasteiger partial charge in [-0.05, 0) is 85.0 Å². The highest BCUT2D eigenvalue weighted by molar-refractivity contribution is 8.16. The Morgan fingerprint density at radius 2 is 1.78 bits per heavy atom. The second-order valence-electron chi connectivity index (χ2n) is 12.1. The maximum Gasteiger partial charge on any atom is 0.416 e. The molecule has 0 aliphatic carbocycles. The molecule has 6 nitrogen and oxygen atoms in total. The SMILES string of the molecule is C/C=S1/Nc2nc(cc(-c3c(C)cccc3C)n2)O[C@@H]2c3ccc(C(F)(F)F)cc3CN3C(C(=O)c4cccc1c4)C(C)C[C@H]23. The second-order valence-corrected chi connectivity index (χ2v) is 13.9. The van der Waals surface area contributed by atoms with Gasteiger partial charge in [0.1, 0.15) is 6.10 Å². The van der Waals surface area contributed by atoms with Crippen LogP contribution in [0.1, 0.15) is 64.5 Å². The standard InChI is InChI=1S/C35H33F3N4O2S/c1-5-45-25-11-7-10-22(16-25)32(43)31-21(4)14-28-33(26-13-12-24(35(36,37)38)15-23(26)18-42(28)31)44-29-17-27(39-34(40-29)41-45)30-19(2)8-6-9-20(30)3/h5-13,15-17,21,28,31,33H,14,18H2,1-4H3,(H,39,40,41)/t21?,28-,31?,33-,45?/m1/s1. The van der Waals surface area contributed by atoms with Crippen molar-refractivity contribution in [2.75, 3.05) is 4.72 Å². The Bertz CT molecular complexity index is 1850.